The van der Waals surface area contributed by atoms with Gasteiger partial charge in [-0.25, -0.2) is 9.13 Å². The van der Waals surface area contributed by atoms with Gasteiger partial charge in [-0.2, -0.15) is 0 Å². The van der Waals surface area contributed by atoms with Crippen molar-refractivity contribution < 1.29 is 80.2 Å². The number of phosphoric acid groups is 2. The van der Waals surface area contributed by atoms with Gasteiger partial charge in [0.25, 0.3) is 0 Å². The highest BCUT2D eigenvalue weighted by Gasteiger charge is 2.30. The number of carbonyl (C=O) groups is 4. The van der Waals surface area contributed by atoms with Crippen LogP contribution in [-0.4, -0.2) is 96.7 Å². The molecule has 5 atom stereocenters. The molecule has 5 unspecified atom stereocenters. The third-order valence-corrected chi connectivity index (χ3v) is 17.4. The number of aliphatic hydroxyl groups excluding tert-OH is 1. The van der Waals surface area contributed by atoms with Gasteiger partial charge in [0.2, 0.25) is 0 Å². The first kappa shape index (κ1) is 96.7. The molecule has 0 saturated carbocycles. The van der Waals surface area contributed by atoms with E-state index in [1.165, 1.54) is 38.5 Å². The van der Waals surface area contributed by atoms with Crippen LogP contribution in [-0.2, 0) is 65.4 Å². The van der Waals surface area contributed by atoms with E-state index in [1.54, 1.807) is 0 Å². The average Bonchev–Trinajstić information content (AvgIpc) is 0.907. The fourth-order valence-corrected chi connectivity index (χ4v) is 11.2. The Bertz CT molecular complexity index is 2550. The lowest BCUT2D eigenvalue weighted by Crippen LogP contribution is -2.30. The standard InChI is InChI=1S/C83H136O17P2/c1-5-9-13-17-21-25-29-32-34-36-38-40-42-45-48-51-55-59-63-67-80(85)93-73-78(99-82(87)69-65-61-57-53-47-28-24-20-16-12-8-4)75-97-101(89,90)95-71-77(84)72-96-102(91,92)98-76-79(100-83(88)70-66-62-58-54-50-44-31-27-23-19-15-11-7-3)74-94-81(86)68-64-60-56-52-49-46-43-41-39-37-35-33-30-26-22-18-14-10-6-2/h9-10,13-14,20-22,24-27,31-35,38-41,45-46,48-49,56,60,77-79,84H,5-8,11-12,15-19,23,28-30,36-37,42-44,47,50-55,57-59,61-76H2,1-4H3,(H,89,90)(H,91,92)/b13-9-,14-10-,24-20-,25-21-,26-22-,31-27-,34-32-,35-33-,40-38-,41-39-,48-45-,49-46-,60-56-. The molecule has 17 nitrogen and oxygen atoms in total. The molecule has 0 aromatic carbocycles. The third kappa shape index (κ3) is 73.0. The van der Waals surface area contributed by atoms with Crippen LogP contribution >= 0.6 is 15.6 Å². The van der Waals surface area contributed by atoms with Gasteiger partial charge in [0.15, 0.2) is 12.2 Å². The van der Waals surface area contributed by atoms with Gasteiger partial charge >= 0.3 is 39.5 Å². The number of carbonyl (C=O) groups excluding carboxylic acids is 4. The second-order valence-corrected chi connectivity index (χ2v) is 28.1. The van der Waals surface area contributed by atoms with E-state index >= 15 is 0 Å². The molecule has 0 spiro atoms. The molecule has 102 heavy (non-hydrogen) atoms. The quantitative estimate of drug-likeness (QED) is 0.0169. The molecule has 3 N–H and O–H groups in total. The van der Waals surface area contributed by atoms with Crippen molar-refractivity contribution >= 4 is 39.5 Å². The largest absolute Gasteiger partial charge is 0.472 e. The number of allylic oxidation sites excluding steroid dienone is 26. The van der Waals surface area contributed by atoms with E-state index in [0.29, 0.717) is 32.1 Å². The maximum atomic E-state index is 13.1. The fourth-order valence-electron chi connectivity index (χ4n) is 9.60. The summed E-state index contributed by atoms with van der Waals surface area (Å²) in [7, 11) is -9.99. The second kappa shape index (κ2) is 74.0. The Morgan fingerprint density at radius 1 is 0.284 bits per heavy atom. The van der Waals surface area contributed by atoms with Crippen LogP contribution in [0.1, 0.15) is 285 Å². The molecule has 0 aromatic heterocycles. The molecular weight excluding hydrogens is 1330 g/mol. The lowest BCUT2D eigenvalue weighted by Gasteiger charge is -2.21. The van der Waals surface area contributed by atoms with Gasteiger partial charge in [0.1, 0.15) is 19.3 Å². The molecule has 0 aliphatic carbocycles. The summed E-state index contributed by atoms with van der Waals surface area (Å²) in [5.74, 6) is -2.34. The molecule has 0 saturated heterocycles. The Balaban J connectivity index is 5.41. The summed E-state index contributed by atoms with van der Waals surface area (Å²) < 4.78 is 68.3. The Morgan fingerprint density at radius 3 is 0.892 bits per heavy atom. The molecule has 0 aliphatic heterocycles. The molecule has 0 aliphatic rings. The Labute approximate surface area is 617 Å². The monoisotopic (exact) mass is 1470 g/mol. The van der Waals surface area contributed by atoms with Crippen LogP contribution in [0.2, 0.25) is 0 Å². The van der Waals surface area contributed by atoms with Crippen molar-refractivity contribution in [3.05, 3.63) is 158 Å². The Morgan fingerprint density at radius 2 is 0.539 bits per heavy atom. The summed E-state index contributed by atoms with van der Waals surface area (Å²) in [4.78, 5) is 72.8. The van der Waals surface area contributed by atoms with E-state index in [1.807, 2.05) is 18.2 Å². The van der Waals surface area contributed by atoms with E-state index in [-0.39, 0.29) is 25.7 Å². The highest BCUT2D eigenvalue weighted by molar-refractivity contribution is 7.47. The molecule has 0 amide bonds. The SMILES string of the molecule is CC/C=C\C/C=C\C/C=C\C/C=C\C/C=C\C/C=C\CCC(=O)OCC(COP(=O)(O)OCC(O)COP(=O)(O)OCC(COC(=O)CCCCC/C=C\C/C=C\C/C=C\C/C=C\C/C=C\CC)OC(=O)CCCCCCC/C=C\CCCC)OC(=O)CCCCCCC/C=C\CCCCCC. The smallest absolute Gasteiger partial charge is 0.462 e. The normalized spacial score (nSPS) is 14.8. The van der Waals surface area contributed by atoms with Gasteiger partial charge in [0.05, 0.1) is 26.4 Å². The number of ether oxygens (including phenoxy) is 4. The summed E-state index contributed by atoms with van der Waals surface area (Å²) in [6.07, 6.45) is 85.4. The van der Waals surface area contributed by atoms with Gasteiger partial charge < -0.3 is 33.8 Å². The maximum absolute atomic E-state index is 13.1. The number of unbranched alkanes of at least 4 members (excludes halogenated alkanes) is 19. The fraction of sp³-hybridized carbons (Fsp3) is 0.639. The van der Waals surface area contributed by atoms with Crippen LogP contribution in [0.4, 0.5) is 0 Å². The Kier molecular flexibility index (Phi) is 70.1. The second-order valence-electron chi connectivity index (χ2n) is 25.2. The van der Waals surface area contributed by atoms with Crippen molar-refractivity contribution in [2.75, 3.05) is 39.6 Å². The minimum Gasteiger partial charge on any atom is -0.462 e. The summed E-state index contributed by atoms with van der Waals surface area (Å²) in [5, 5.41) is 10.6. The van der Waals surface area contributed by atoms with E-state index in [2.05, 4.69) is 167 Å². The van der Waals surface area contributed by atoms with Crippen LogP contribution in [0, 0.1) is 0 Å². The van der Waals surface area contributed by atoms with E-state index in [0.717, 1.165) is 161 Å². The predicted octanol–water partition coefficient (Wildman–Crippen LogP) is 22.4. The van der Waals surface area contributed by atoms with Gasteiger partial charge in [-0.05, 0) is 154 Å². The average molecular weight is 1470 g/mol. The predicted molar refractivity (Wildman–Crippen MR) is 417 cm³/mol. The van der Waals surface area contributed by atoms with Crippen LogP contribution < -0.4 is 0 Å². The van der Waals surface area contributed by atoms with Crippen LogP contribution in [0.15, 0.2) is 158 Å². The zero-order chi connectivity index (χ0) is 74.6. The highest BCUT2D eigenvalue weighted by atomic mass is 31.2. The third-order valence-electron chi connectivity index (χ3n) is 15.5. The van der Waals surface area contributed by atoms with Crippen molar-refractivity contribution in [2.45, 2.75) is 303 Å². The molecule has 0 heterocycles. The lowest BCUT2D eigenvalue weighted by molar-refractivity contribution is -0.161. The number of aliphatic hydroxyl groups is 1. The summed E-state index contributed by atoms with van der Waals surface area (Å²) in [6, 6.07) is 0. The van der Waals surface area contributed by atoms with Crippen molar-refractivity contribution in [1.29, 1.82) is 0 Å². The molecule has 0 fully saturated rings. The number of rotatable bonds is 71. The lowest BCUT2D eigenvalue weighted by atomic mass is 10.1. The first-order valence-corrected chi connectivity index (χ1v) is 41.7. The molecule has 580 valence electrons. The van der Waals surface area contributed by atoms with Gasteiger partial charge in [0, 0.05) is 25.7 Å². The molecular formula is C83H136O17P2. The molecule has 0 bridgehead atoms. The van der Waals surface area contributed by atoms with Crippen molar-refractivity contribution in [2.24, 2.45) is 0 Å². The summed E-state index contributed by atoms with van der Waals surface area (Å²) >= 11 is 0. The van der Waals surface area contributed by atoms with Crippen LogP contribution in [0.3, 0.4) is 0 Å². The van der Waals surface area contributed by atoms with Crippen molar-refractivity contribution in [3.63, 3.8) is 0 Å². The first-order valence-electron chi connectivity index (χ1n) is 38.7. The van der Waals surface area contributed by atoms with Gasteiger partial charge in [-0.15, -0.1) is 0 Å². The molecule has 0 radical (unpaired) electrons. The van der Waals surface area contributed by atoms with E-state index in [9.17, 15) is 43.2 Å². The Hall–Kier alpha value is -5.32. The first-order chi connectivity index (χ1) is 49.7. The molecule has 0 aromatic rings. The zero-order valence-electron chi connectivity index (χ0n) is 63.2. The van der Waals surface area contributed by atoms with Crippen molar-refractivity contribution in [3.8, 4) is 0 Å². The highest BCUT2D eigenvalue weighted by Crippen LogP contribution is 2.45. The minimum absolute atomic E-state index is 0.0299. The number of esters is 4. The topological polar surface area (TPSA) is 237 Å². The van der Waals surface area contributed by atoms with Gasteiger partial charge in [-0.1, -0.05) is 263 Å². The summed E-state index contributed by atoms with van der Waals surface area (Å²) in [6.45, 7) is 4.43. The number of hydrogen-bond acceptors (Lipinski definition) is 15. The van der Waals surface area contributed by atoms with Crippen LogP contribution in [0.5, 0.6) is 0 Å². The maximum Gasteiger partial charge on any atom is 0.472 e. The molecule has 0 rings (SSSR count). The zero-order valence-corrected chi connectivity index (χ0v) is 65.0. The van der Waals surface area contributed by atoms with Crippen molar-refractivity contribution in [1.82, 2.24) is 0 Å². The van der Waals surface area contributed by atoms with Gasteiger partial charge in [-0.3, -0.25) is 37.3 Å². The van der Waals surface area contributed by atoms with E-state index in [4.69, 9.17) is 37.0 Å². The van der Waals surface area contributed by atoms with Crippen LogP contribution in [0.25, 0.3) is 0 Å². The molecule has 19 heteroatoms. The summed E-state index contributed by atoms with van der Waals surface area (Å²) in [5.41, 5.74) is 0. The number of phosphoric ester groups is 2. The van der Waals surface area contributed by atoms with E-state index < -0.39 is 97.5 Å². The minimum atomic E-state index is -5.00. The number of hydrogen-bond donors (Lipinski definition) is 3.